The van der Waals surface area contributed by atoms with Crippen LogP contribution in [0, 0.1) is 5.82 Å². The molecule has 0 aliphatic rings. The first-order valence-corrected chi connectivity index (χ1v) is 4.93. The number of rotatable bonds is 3. The smallest absolute Gasteiger partial charge is 0.125 e. The van der Waals surface area contributed by atoms with E-state index in [9.17, 15) is 4.39 Å². The molecule has 0 spiro atoms. The lowest BCUT2D eigenvalue weighted by atomic mass is 10.2. The second-order valence-corrected chi connectivity index (χ2v) is 3.45. The molecule has 0 aliphatic carbocycles. The SMILES string of the molecule is Nc1cc(F)ccc1NCc1cccnc1. The first-order chi connectivity index (χ1) is 7.75. The van der Waals surface area contributed by atoms with Gasteiger partial charge in [0.05, 0.1) is 11.4 Å². The van der Waals surface area contributed by atoms with Crippen LogP contribution in [0.25, 0.3) is 0 Å². The van der Waals surface area contributed by atoms with Gasteiger partial charge in [-0.3, -0.25) is 4.98 Å². The highest BCUT2D eigenvalue weighted by Crippen LogP contribution is 2.19. The Morgan fingerprint density at radius 2 is 2.19 bits per heavy atom. The summed E-state index contributed by atoms with van der Waals surface area (Å²) >= 11 is 0. The molecule has 3 N–H and O–H groups in total. The second kappa shape index (κ2) is 4.61. The monoisotopic (exact) mass is 217 g/mol. The largest absolute Gasteiger partial charge is 0.397 e. The molecule has 2 aromatic rings. The molecule has 0 saturated heterocycles. The Labute approximate surface area is 93.1 Å². The maximum atomic E-state index is 12.8. The summed E-state index contributed by atoms with van der Waals surface area (Å²) in [5.74, 6) is -0.329. The van der Waals surface area contributed by atoms with E-state index in [2.05, 4.69) is 10.3 Å². The number of nitrogens with one attached hydrogen (secondary N) is 1. The van der Waals surface area contributed by atoms with E-state index in [1.807, 2.05) is 12.1 Å². The molecule has 0 bridgehead atoms. The minimum Gasteiger partial charge on any atom is -0.397 e. The number of nitrogens with two attached hydrogens (primary N) is 1. The molecular weight excluding hydrogens is 205 g/mol. The molecule has 2 rings (SSSR count). The van der Waals surface area contributed by atoms with Gasteiger partial charge >= 0.3 is 0 Å². The van der Waals surface area contributed by atoms with E-state index in [4.69, 9.17) is 5.73 Å². The molecule has 3 nitrogen and oxygen atoms in total. The number of aromatic nitrogens is 1. The fourth-order valence-corrected chi connectivity index (χ4v) is 1.39. The molecule has 1 aromatic heterocycles. The van der Waals surface area contributed by atoms with Crippen molar-refractivity contribution >= 4 is 11.4 Å². The van der Waals surface area contributed by atoms with Crippen molar-refractivity contribution in [3.63, 3.8) is 0 Å². The summed E-state index contributed by atoms with van der Waals surface area (Å²) in [5.41, 5.74) is 7.85. The van der Waals surface area contributed by atoms with Gasteiger partial charge < -0.3 is 11.1 Å². The molecule has 0 radical (unpaired) electrons. The highest BCUT2D eigenvalue weighted by molar-refractivity contribution is 5.65. The van der Waals surface area contributed by atoms with Crippen LogP contribution < -0.4 is 11.1 Å². The van der Waals surface area contributed by atoms with E-state index in [1.165, 1.54) is 12.1 Å². The number of hydrogen-bond donors (Lipinski definition) is 2. The third-order valence-corrected chi connectivity index (χ3v) is 2.22. The van der Waals surface area contributed by atoms with Crippen molar-refractivity contribution in [1.82, 2.24) is 4.98 Å². The minimum absolute atomic E-state index is 0.329. The van der Waals surface area contributed by atoms with Crippen LogP contribution in [0.4, 0.5) is 15.8 Å². The maximum absolute atomic E-state index is 12.8. The lowest BCUT2D eigenvalue weighted by molar-refractivity contribution is 0.628. The van der Waals surface area contributed by atoms with E-state index in [1.54, 1.807) is 18.5 Å². The average Bonchev–Trinajstić information content (AvgIpc) is 2.29. The number of anilines is 2. The van der Waals surface area contributed by atoms with Crippen LogP contribution in [0.2, 0.25) is 0 Å². The number of nitrogen functional groups attached to an aromatic ring is 1. The van der Waals surface area contributed by atoms with Crippen molar-refractivity contribution in [3.05, 3.63) is 54.1 Å². The fourth-order valence-electron chi connectivity index (χ4n) is 1.39. The second-order valence-electron chi connectivity index (χ2n) is 3.45. The van der Waals surface area contributed by atoms with Crippen LogP contribution in [0.3, 0.4) is 0 Å². The topological polar surface area (TPSA) is 50.9 Å². The minimum atomic E-state index is -0.329. The van der Waals surface area contributed by atoms with Gasteiger partial charge in [0.25, 0.3) is 0 Å². The van der Waals surface area contributed by atoms with E-state index < -0.39 is 0 Å². The Morgan fingerprint density at radius 3 is 2.88 bits per heavy atom. The molecule has 0 saturated carbocycles. The molecule has 16 heavy (non-hydrogen) atoms. The molecule has 0 atom stereocenters. The molecule has 0 aliphatic heterocycles. The Morgan fingerprint density at radius 1 is 1.31 bits per heavy atom. The van der Waals surface area contributed by atoms with Crippen LogP contribution in [0.5, 0.6) is 0 Å². The van der Waals surface area contributed by atoms with Crippen molar-refractivity contribution < 1.29 is 4.39 Å². The molecule has 0 unspecified atom stereocenters. The van der Waals surface area contributed by atoms with Crippen molar-refractivity contribution in [2.45, 2.75) is 6.54 Å². The van der Waals surface area contributed by atoms with Gasteiger partial charge in [0, 0.05) is 18.9 Å². The summed E-state index contributed by atoms with van der Waals surface area (Å²) in [4.78, 5) is 4.00. The zero-order valence-electron chi connectivity index (χ0n) is 8.65. The van der Waals surface area contributed by atoms with Gasteiger partial charge in [-0.15, -0.1) is 0 Å². The van der Waals surface area contributed by atoms with Crippen molar-refractivity contribution in [2.75, 3.05) is 11.1 Å². The van der Waals surface area contributed by atoms with Crippen LogP contribution in [-0.2, 0) is 6.54 Å². The molecule has 0 fully saturated rings. The lowest BCUT2D eigenvalue weighted by Crippen LogP contribution is -2.02. The van der Waals surface area contributed by atoms with Crippen molar-refractivity contribution in [2.24, 2.45) is 0 Å². The van der Waals surface area contributed by atoms with Gasteiger partial charge in [-0.05, 0) is 29.8 Å². The highest BCUT2D eigenvalue weighted by Gasteiger charge is 2.00. The maximum Gasteiger partial charge on any atom is 0.125 e. The van der Waals surface area contributed by atoms with Crippen LogP contribution >= 0.6 is 0 Å². The van der Waals surface area contributed by atoms with Gasteiger partial charge in [0.15, 0.2) is 0 Å². The predicted molar refractivity (Wildman–Crippen MR) is 62.4 cm³/mol. The Hall–Kier alpha value is -2.10. The normalized spacial score (nSPS) is 10.1. The average molecular weight is 217 g/mol. The Kier molecular flexibility index (Phi) is 3.00. The van der Waals surface area contributed by atoms with E-state index in [0.717, 1.165) is 11.3 Å². The fraction of sp³-hybridized carbons (Fsp3) is 0.0833. The molecular formula is C12H12FN3. The van der Waals surface area contributed by atoms with Gasteiger partial charge in [-0.1, -0.05) is 6.07 Å². The first kappa shape index (κ1) is 10.4. The Balaban J connectivity index is 2.05. The molecule has 1 aromatic carbocycles. The van der Waals surface area contributed by atoms with Gasteiger partial charge in [-0.2, -0.15) is 0 Å². The summed E-state index contributed by atoms with van der Waals surface area (Å²) in [6, 6.07) is 8.12. The summed E-state index contributed by atoms with van der Waals surface area (Å²) in [6.45, 7) is 0.615. The summed E-state index contributed by atoms with van der Waals surface area (Å²) in [6.07, 6.45) is 3.49. The summed E-state index contributed by atoms with van der Waals surface area (Å²) < 4.78 is 12.8. The summed E-state index contributed by atoms with van der Waals surface area (Å²) in [5, 5.41) is 3.12. The quantitative estimate of drug-likeness (QED) is 0.776. The number of pyridine rings is 1. The number of nitrogens with zero attached hydrogens (tertiary/aromatic N) is 1. The van der Waals surface area contributed by atoms with Crippen molar-refractivity contribution in [1.29, 1.82) is 0 Å². The predicted octanol–water partition coefficient (Wildman–Crippen LogP) is 2.42. The van der Waals surface area contributed by atoms with E-state index in [0.29, 0.717) is 12.2 Å². The number of hydrogen-bond acceptors (Lipinski definition) is 3. The van der Waals surface area contributed by atoms with E-state index in [-0.39, 0.29) is 5.82 Å². The number of halogens is 1. The zero-order valence-corrected chi connectivity index (χ0v) is 8.65. The van der Waals surface area contributed by atoms with Gasteiger partial charge in [-0.25, -0.2) is 4.39 Å². The lowest BCUT2D eigenvalue weighted by Gasteiger charge is -2.08. The zero-order chi connectivity index (χ0) is 11.4. The van der Waals surface area contributed by atoms with Gasteiger partial charge in [0.1, 0.15) is 5.82 Å². The third-order valence-electron chi connectivity index (χ3n) is 2.22. The molecule has 82 valence electrons. The van der Waals surface area contributed by atoms with E-state index >= 15 is 0 Å². The molecule has 4 heteroatoms. The van der Waals surface area contributed by atoms with Crippen molar-refractivity contribution in [3.8, 4) is 0 Å². The van der Waals surface area contributed by atoms with Crippen LogP contribution in [0.15, 0.2) is 42.7 Å². The summed E-state index contributed by atoms with van der Waals surface area (Å²) in [7, 11) is 0. The first-order valence-electron chi connectivity index (χ1n) is 4.93. The van der Waals surface area contributed by atoms with Crippen LogP contribution in [0.1, 0.15) is 5.56 Å². The number of benzene rings is 1. The highest BCUT2D eigenvalue weighted by atomic mass is 19.1. The Bertz CT molecular complexity index is 471. The van der Waals surface area contributed by atoms with Crippen LogP contribution in [-0.4, -0.2) is 4.98 Å². The molecule has 0 amide bonds. The van der Waals surface area contributed by atoms with Gasteiger partial charge in [0.2, 0.25) is 0 Å². The molecule has 1 heterocycles. The standard InChI is InChI=1S/C12H12FN3/c13-10-3-4-12(11(14)6-10)16-8-9-2-1-5-15-7-9/h1-7,16H,8,14H2. The third kappa shape index (κ3) is 2.48.